The number of carbonyl (C=O) groups is 2. The fourth-order valence-electron chi connectivity index (χ4n) is 4.47. The summed E-state index contributed by atoms with van der Waals surface area (Å²) < 4.78 is 3.39. The van der Waals surface area contributed by atoms with Crippen molar-refractivity contribution in [2.75, 3.05) is 11.1 Å². The zero-order valence-corrected chi connectivity index (χ0v) is 22.8. The monoisotopic (exact) mass is 536 g/mol. The molecule has 5 aromatic rings. The van der Waals surface area contributed by atoms with E-state index in [9.17, 15) is 14.4 Å². The Morgan fingerprint density at radius 2 is 1.64 bits per heavy atom. The van der Waals surface area contributed by atoms with Crippen LogP contribution < -0.4 is 10.9 Å². The van der Waals surface area contributed by atoms with E-state index < -0.39 is 0 Å². The Hall–Kier alpha value is -4.43. The van der Waals surface area contributed by atoms with Crippen molar-refractivity contribution in [2.45, 2.75) is 25.4 Å². The van der Waals surface area contributed by atoms with Gasteiger partial charge in [-0.2, -0.15) is 0 Å². The van der Waals surface area contributed by atoms with Crippen LogP contribution in [0.2, 0.25) is 0 Å². The largest absolute Gasteiger partial charge is 0.344 e. The number of thioether (sulfide) groups is 1. The van der Waals surface area contributed by atoms with Gasteiger partial charge in [0.2, 0.25) is 5.91 Å². The highest BCUT2D eigenvalue weighted by atomic mass is 32.2. The van der Waals surface area contributed by atoms with Crippen molar-refractivity contribution >= 4 is 40.2 Å². The molecule has 0 radical (unpaired) electrons. The van der Waals surface area contributed by atoms with E-state index in [4.69, 9.17) is 4.98 Å². The lowest BCUT2D eigenvalue weighted by molar-refractivity contribution is -0.113. The molecule has 2 aromatic heterocycles. The van der Waals surface area contributed by atoms with E-state index in [1.807, 2.05) is 72.4 Å². The molecule has 0 aliphatic rings. The first kappa shape index (κ1) is 26.2. The standard InChI is InChI=1S/C31H28N4O3S/c1-4-21-10-16-25(17-11-21)35-30(38)29-28(26(18-34(29)3)23-8-6-5-7-9-23)33-31(35)39-19-27(37)32-24-14-12-22(13-15-24)20(2)36/h5-18H,4,19H2,1-3H3,(H,32,37). The molecule has 0 saturated carbocycles. The Kier molecular flexibility index (Phi) is 7.47. The molecule has 5 rings (SSSR count). The van der Waals surface area contributed by atoms with Gasteiger partial charge in [0.1, 0.15) is 11.0 Å². The Labute approximate surface area is 230 Å². The number of nitrogens with zero attached hydrogens (tertiary/aromatic N) is 3. The van der Waals surface area contributed by atoms with Gasteiger partial charge in [-0.25, -0.2) is 4.98 Å². The van der Waals surface area contributed by atoms with Gasteiger partial charge in [0.05, 0.1) is 11.4 Å². The van der Waals surface area contributed by atoms with Crippen LogP contribution >= 0.6 is 11.8 Å². The number of benzene rings is 3. The number of aromatic nitrogens is 3. The smallest absolute Gasteiger partial charge is 0.283 e. The molecule has 0 saturated heterocycles. The minimum atomic E-state index is -0.242. The molecule has 0 aliphatic heterocycles. The molecule has 1 amide bonds. The number of anilines is 1. The Morgan fingerprint density at radius 1 is 0.949 bits per heavy atom. The highest BCUT2D eigenvalue weighted by Crippen LogP contribution is 2.30. The molecular weight excluding hydrogens is 508 g/mol. The lowest BCUT2D eigenvalue weighted by atomic mass is 10.1. The summed E-state index contributed by atoms with van der Waals surface area (Å²) in [5.74, 6) is -0.229. The number of nitrogens with one attached hydrogen (secondary N) is 1. The van der Waals surface area contributed by atoms with E-state index in [2.05, 4.69) is 12.2 Å². The first-order valence-electron chi connectivity index (χ1n) is 12.7. The molecule has 0 aliphatic carbocycles. The molecule has 1 N–H and O–H groups in total. The van der Waals surface area contributed by atoms with Crippen molar-refractivity contribution in [2.24, 2.45) is 7.05 Å². The lowest BCUT2D eigenvalue weighted by Gasteiger charge is -2.14. The van der Waals surface area contributed by atoms with E-state index in [-0.39, 0.29) is 23.0 Å². The molecular formula is C31H28N4O3S. The van der Waals surface area contributed by atoms with E-state index in [1.54, 1.807) is 28.8 Å². The zero-order valence-electron chi connectivity index (χ0n) is 22.0. The number of amides is 1. The third-order valence-corrected chi connectivity index (χ3v) is 7.49. The number of fused-ring (bicyclic) bond motifs is 1. The van der Waals surface area contributed by atoms with Crippen LogP contribution in [0, 0.1) is 0 Å². The summed E-state index contributed by atoms with van der Waals surface area (Å²) in [4.78, 5) is 43.3. The lowest BCUT2D eigenvalue weighted by Crippen LogP contribution is -2.24. The topological polar surface area (TPSA) is 86.0 Å². The average molecular weight is 537 g/mol. The Bertz CT molecular complexity index is 1720. The van der Waals surface area contributed by atoms with Gasteiger partial charge < -0.3 is 9.88 Å². The maximum Gasteiger partial charge on any atom is 0.283 e. The molecule has 196 valence electrons. The van der Waals surface area contributed by atoms with Gasteiger partial charge in [0, 0.05) is 30.1 Å². The maximum absolute atomic E-state index is 14.0. The van der Waals surface area contributed by atoms with Crippen LogP contribution in [0.1, 0.15) is 29.8 Å². The summed E-state index contributed by atoms with van der Waals surface area (Å²) in [5.41, 5.74) is 5.74. The third-order valence-electron chi connectivity index (χ3n) is 6.55. The molecule has 0 fully saturated rings. The van der Waals surface area contributed by atoms with Crippen LogP contribution in [0.15, 0.2) is 95.0 Å². The summed E-state index contributed by atoms with van der Waals surface area (Å²) in [6, 6.07) is 24.4. The number of aryl methyl sites for hydroxylation is 2. The van der Waals surface area contributed by atoms with E-state index in [0.717, 1.165) is 23.1 Å². The van der Waals surface area contributed by atoms with Crippen molar-refractivity contribution in [3.63, 3.8) is 0 Å². The fourth-order valence-corrected chi connectivity index (χ4v) is 5.27. The summed E-state index contributed by atoms with van der Waals surface area (Å²) in [6.07, 6.45) is 2.81. The minimum Gasteiger partial charge on any atom is -0.344 e. The SMILES string of the molecule is CCc1ccc(-n2c(SCC(=O)Nc3ccc(C(C)=O)cc3)nc3c(-c4ccccc4)cn(C)c3c2=O)cc1. The summed E-state index contributed by atoms with van der Waals surface area (Å²) >= 11 is 1.21. The highest BCUT2D eigenvalue weighted by molar-refractivity contribution is 7.99. The van der Waals surface area contributed by atoms with Crippen molar-refractivity contribution in [1.29, 1.82) is 0 Å². The zero-order chi connectivity index (χ0) is 27.5. The van der Waals surface area contributed by atoms with Crippen LogP contribution in [0.3, 0.4) is 0 Å². The van der Waals surface area contributed by atoms with Crippen LogP contribution in [0.4, 0.5) is 5.69 Å². The summed E-state index contributed by atoms with van der Waals surface area (Å²) in [5, 5.41) is 3.29. The first-order valence-corrected chi connectivity index (χ1v) is 13.6. The Morgan fingerprint density at radius 3 is 2.28 bits per heavy atom. The molecule has 7 nitrogen and oxygen atoms in total. The van der Waals surface area contributed by atoms with Crippen LogP contribution in [-0.2, 0) is 18.3 Å². The molecule has 39 heavy (non-hydrogen) atoms. The van der Waals surface area contributed by atoms with Gasteiger partial charge in [-0.3, -0.25) is 19.0 Å². The van der Waals surface area contributed by atoms with Crippen molar-refractivity contribution < 1.29 is 9.59 Å². The van der Waals surface area contributed by atoms with Gasteiger partial charge >= 0.3 is 0 Å². The second-order valence-corrected chi connectivity index (χ2v) is 10.2. The van der Waals surface area contributed by atoms with Gasteiger partial charge in [0.25, 0.3) is 5.56 Å². The highest BCUT2D eigenvalue weighted by Gasteiger charge is 2.20. The number of hydrogen-bond acceptors (Lipinski definition) is 5. The molecule has 0 spiro atoms. The van der Waals surface area contributed by atoms with Crippen molar-refractivity contribution in [3.8, 4) is 16.8 Å². The molecule has 3 aromatic carbocycles. The van der Waals surface area contributed by atoms with Gasteiger partial charge in [0.15, 0.2) is 10.9 Å². The van der Waals surface area contributed by atoms with Gasteiger partial charge in [-0.1, -0.05) is 61.2 Å². The quantitative estimate of drug-likeness (QED) is 0.152. The second kappa shape index (κ2) is 11.1. The van der Waals surface area contributed by atoms with E-state index in [0.29, 0.717) is 33.1 Å². The molecule has 0 atom stereocenters. The molecule has 0 unspecified atom stereocenters. The second-order valence-electron chi connectivity index (χ2n) is 9.24. The number of ketones is 1. The first-order chi connectivity index (χ1) is 18.9. The molecule has 2 heterocycles. The van der Waals surface area contributed by atoms with Crippen molar-refractivity contribution in [1.82, 2.24) is 14.1 Å². The molecule has 0 bridgehead atoms. The van der Waals surface area contributed by atoms with Crippen LogP contribution in [0.5, 0.6) is 0 Å². The fraction of sp³-hybridized carbons (Fsp3) is 0.161. The van der Waals surface area contributed by atoms with Crippen molar-refractivity contribution in [3.05, 3.63) is 107 Å². The van der Waals surface area contributed by atoms with Gasteiger partial charge in [-0.05, 0) is 60.9 Å². The maximum atomic E-state index is 14.0. The third kappa shape index (κ3) is 5.42. The van der Waals surface area contributed by atoms with Crippen LogP contribution in [0.25, 0.3) is 27.8 Å². The van der Waals surface area contributed by atoms with Crippen LogP contribution in [-0.4, -0.2) is 31.6 Å². The number of carbonyl (C=O) groups excluding carboxylic acids is 2. The predicted molar refractivity (Wildman–Crippen MR) is 157 cm³/mol. The minimum absolute atomic E-state index is 0.0365. The van der Waals surface area contributed by atoms with Gasteiger partial charge in [-0.15, -0.1) is 0 Å². The molecule has 8 heteroatoms. The normalized spacial score (nSPS) is 11.1. The summed E-state index contributed by atoms with van der Waals surface area (Å²) in [7, 11) is 1.85. The average Bonchev–Trinajstić information content (AvgIpc) is 3.29. The predicted octanol–water partition coefficient (Wildman–Crippen LogP) is 5.89. The number of rotatable bonds is 8. The Balaban J connectivity index is 1.54. The summed E-state index contributed by atoms with van der Waals surface area (Å²) in [6.45, 7) is 3.58. The number of Topliss-reactive ketones (excluding diaryl/α,β-unsaturated/α-hetero) is 1. The number of hydrogen-bond donors (Lipinski definition) is 1. The van der Waals surface area contributed by atoms with E-state index in [1.165, 1.54) is 18.7 Å². The van der Waals surface area contributed by atoms with E-state index >= 15 is 0 Å².